The topological polar surface area (TPSA) is 58.6 Å². The summed E-state index contributed by atoms with van der Waals surface area (Å²) < 4.78 is 44.2. The molecule has 0 radical (unpaired) electrons. The number of ether oxygens (including phenoxy) is 1. The smallest absolute Gasteiger partial charge is 0.418 e. The summed E-state index contributed by atoms with van der Waals surface area (Å²) in [5.74, 6) is -1.25. The van der Waals surface area contributed by atoms with Crippen molar-refractivity contribution in [1.82, 2.24) is 4.90 Å². The zero-order valence-electron chi connectivity index (χ0n) is 14.5. The molecular formula is C18H15Cl2F3N2O3. The summed E-state index contributed by atoms with van der Waals surface area (Å²) in [6.45, 7) is -0.920. The van der Waals surface area contributed by atoms with E-state index < -0.39 is 36.7 Å². The molecule has 150 valence electrons. The lowest BCUT2D eigenvalue weighted by Crippen LogP contribution is -2.37. The van der Waals surface area contributed by atoms with E-state index in [2.05, 4.69) is 5.32 Å². The molecule has 0 aliphatic carbocycles. The normalized spacial score (nSPS) is 11.1. The van der Waals surface area contributed by atoms with E-state index >= 15 is 0 Å². The third kappa shape index (κ3) is 5.77. The van der Waals surface area contributed by atoms with E-state index in [0.29, 0.717) is 0 Å². The number of nitrogens with zero attached hydrogens (tertiary/aromatic N) is 1. The highest BCUT2D eigenvalue weighted by atomic mass is 35.5. The highest BCUT2D eigenvalue weighted by molar-refractivity contribution is 6.37. The van der Waals surface area contributed by atoms with Crippen LogP contribution in [0.25, 0.3) is 0 Å². The number of nitrogens with one attached hydrogen (secondary N) is 1. The fourth-order valence-electron chi connectivity index (χ4n) is 2.20. The van der Waals surface area contributed by atoms with Gasteiger partial charge in [-0.1, -0.05) is 41.4 Å². The van der Waals surface area contributed by atoms with Crippen LogP contribution >= 0.6 is 23.2 Å². The van der Waals surface area contributed by atoms with Crippen LogP contribution in [0.15, 0.2) is 42.5 Å². The zero-order chi connectivity index (χ0) is 20.9. The molecule has 0 saturated heterocycles. The molecule has 2 aromatic rings. The number of hydrogen-bond acceptors (Lipinski definition) is 3. The quantitative estimate of drug-likeness (QED) is 0.728. The van der Waals surface area contributed by atoms with Crippen LogP contribution in [0, 0.1) is 0 Å². The minimum Gasteiger partial charge on any atom is -0.481 e. The Morgan fingerprint density at radius 1 is 1.07 bits per heavy atom. The van der Waals surface area contributed by atoms with Gasteiger partial charge < -0.3 is 15.0 Å². The molecular weight excluding hydrogens is 420 g/mol. The van der Waals surface area contributed by atoms with Crippen molar-refractivity contribution in [3.05, 3.63) is 58.1 Å². The number of anilines is 1. The summed E-state index contributed by atoms with van der Waals surface area (Å²) in [7, 11) is 1.31. The summed E-state index contributed by atoms with van der Waals surface area (Å²) in [6, 6.07) is 9.22. The van der Waals surface area contributed by atoms with Crippen molar-refractivity contribution in [2.75, 3.05) is 25.5 Å². The van der Waals surface area contributed by atoms with Gasteiger partial charge in [0.2, 0.25) is 5.91 Å². The largest absolute Gasteiger partial charge is 0.481 e. The van der Waals surface area contributed by atoms with Gasteiger partial charge in [0.25, 0.3) is 5.91 Å². The summed E-state index contributed by atoms with van der Waals surface area (Å²) in [4.78, 5) is 25.2. The van der Waals surface area contributed by atoms with Crippen LogP contribution in [0.5, 0.6) is 5.75 Å². The molecule has 0 saturated carbocycles. The van der Waals surface area contributed by atoms with Crippen LogP contribution in [-0.4, -0.2) is 36.9 Å². The number of likely N-dealkylation sites (N-methyl/N-ethyl adjacent to an activating group) is 1. The Balaban J connectivity index is 1.95. The zero-order valence-corrected chi connectivity index (χ0v) is 16.0. The second-order valence-electron chi connectivity index (χ2n) is 5.68. The number of hydrogen-bond donors (Lipinski definition) is 1. The fraction of sp³-hybridized carbons (Fsp3) is 0.222. The lowest BCUT2D eigenvalue weighted by Gasteiger charge is -2.19. The molecule has 2 aromatic carbocycles. The number of benzene rings is 2. The predicted octanol–water partition coefficient (Wildman–Crippen LogP) is 4.49. The first-order chi connectivity index (χ1) is 13.1. The highest BCUT2D eigenvalue weighted by Crippen LogP contribution is 2.34. The van der Waals surface area contributed by atoms with Gasteiger partial charge in [-0.05, 0) is 24.3 Å². The van der Waals surface area contributed by atoms with Gasteiger partial charge in [0.15, 0.2) is 12.4 Å². The van der Waals surface area contributed by atoms with Gasteiger partial charge in [-0.2, -0.15) is 13.2 Å². The highest BCUT2D eigenvalue weighted by Gasteiger charge is 2.33. The SMILES string of the molecule is CN(CC(=O)Nc1ccccc1C(F)(F)F)C(=O)COc1c(Cl)cccc1Cl. The molecule has 5 nitrogen and oxygen atoms in total. The summed E-state index contributed by atoms with van der Waals surface area (Å²) in [6.07, 6.45) is -4.62. The van der Waals surface area contributed by atoms with E-state index in [-0.39, 0.29) is 21.5 Å². The molecule has 0 aliphatic heterocycles. The van der Waals surface area contributed by atoms with Crippen molar-refractivity contribution in [1.29, 1.82) is 0 Å². The number of carbonyl (C=O) groups excluding carboxylic acids is 2. The van der Waals surface area contributed by atoms with Gasteiger partial charge in [-0.25, -0.2) is 0 Å². The van der Waals surface area contributed by atoms with Gasteiger partial charge in [0.1, 0.15) is 0 Å². The first-order valence-corrected chi connectivity index (χ1v) is 8.62. The third-order valence-corrected chi connectivity index (χ3v) is 4.17. The number of carbonyl (C=O) groups is 2. The van der Waals surface area contributed by atoms with E-state index in [1.807, 2.05) is 0 Å². The molecule has 1 N–H and O–H groups in total. The van der Waals surface area contributed by atoms with Crippen molar-refractivity contribution in [3.8, 4) is 5.75 Å². The van der Waals surface area contributed by atoms with Crippen LogP contribution in [0.3, 0.4) is 0 Å². The van der Waals surface area contributed by atoms with Gasteiger partial charge in [-0.15, -0.1) is 0 Å². The Labute approximate surface area is 169 Å². The average Bonchev–Trinajstić information content (AvgIpc) is 2.60. The first kappa shape index (κ1) is 21.8. The molecule has 0 unspecified atom stereocenters. The third-order valence-electron chi connectivity index (χ3n) is 3.57. The van der Waals surface area contributed by atoms with Crippen LogP contribution in [-0.2, 0) is 15.8 Å². The molecule has 2 amide bonds. The summed E-state index contributed by atoms with van der Waals surface area (Å²) >= 11 is 11.9. The van der Waals surface area contributed by atoms with Crippen molar-refractivity contribution in [2.24, 2.45) is 0 Å². The lowest BCUT2D eigenvalue weighted by atomic mass is 10.1. The molecule has 0 atom stereocenters. The van der Waals surface area contributed by atoms with Crippen molar-refractivity contribution in [2.45, 2.75) is 6.18 Å². The molecule has 0 fully saturated rings. The van der Waals surface area contributed by atoms with Crippen LogP contribution in [0.1, 0.15) is 5.56 Å². The van der Waals surface area contributed by atoms with Crippen molar-refractivity contribution >= 4 is 40.7 Å². The maximum absolute atomic E-state index is 13.0. The second-order valence-corrected chi connectivity index (χ2v) is 6.50. The van der Waals surface area contributed by atoms with E-state index in [4.69, 9.17) is 27.9 Å². The monoisotopic (exact) mass is 434 g/mol. The Bertz CT molecular complexity index is 855. The van der Waals surface area contributed by atoms with Gasteiger partial charge >= 0.3 is 6.18 Å². The Hall–Kier alpha value is -2.45. The number of rotatable bonds is 6. The molecule has 0 aliphatic rings. The standard InChI is InChI=1S/C18H15Cl2F3N2O3/c1-25(16(27)10-28-17-12(19)6-4-7-13(17)20)9-15(26)24-14-8-3-2-5-11(14)18(21,22)23/h2-8H,9-10H2,1H3,(H,24,26). The Kier molecular flexibility index (Phi) is 7.15. The molecule has 0 spiro atoms. The number of amides is 2. The molecule has 28 heavy (non-hydrogen) atoms. The van der Waals surface area contributed by atoms with Crippen LogP contribution < -0.4 is 10.1 Å². The minimum atomic E-state index is -4.62. The first-order valence-electron chi connectivity index (χ1n) is 7.86. The van der Waals surface area contributed by atoms with Gasteiger partial charge in [0.05, 0.1) is 27.8 Å². The predicted molar refractivity (Wildman–Crippen MR) is 99.7 cm³/mol. The van der Waals surface area contributed by atoms with E-state index in [1.54, 1.807) is 6.07 Å². The molecule has 10 heteroatoms. The van der Waals surface area contributed by atoms with Crippen LogP contribution in [0.4, 0.5) is 18.9 Å². The summed E-state index contributed by atoms with van der Waals surface area (Å²) in [5, 5.41) is 2.58. The molecule has 0 aromatic heterocycles. The molecule has 0 bridgehead atoms. The van der Waals surface area contributed by atoms with Gasteiger partial charge in [-0.3, -0.25) is 9.59 Å². The van der Waals surface area contributed by atoms with Crippen molar-refractivity contribution < 1.29 is 27.5 Å². The average molecular weight is 435 g/mol. The Morgan fingerprint density at radius 2 is 1.68 bits per heavy atom. The van der Waals surface area contributed by atoms with Gasteiger partial charge in [0, 0.05) is 7.05 Å². The lowest BCUT2D eigenvalue weighted by molar-refractivity contribution is -0.137. The Morgan fingerprint density at radius 3 is 2.29 bits per heavy atom. The van der Waals surface area contributed by atoms with Crippen molar-refractivity contribution in [3.63, 3.8) is 0 Å². The van der Waals surface area contributed by atoms with E-state index in [9.17, 15) is 22.8 Å². The maximum Gasteiger partial charge on any atom is 0.418 e. The molecule has 2 rings (SSSR count). The number of alkyl halides is 3. The van der Waals surface area contributed by atoms with E-state index in [0.717, 1.165) is 17.0 Å². The fourth-order valence-corrected chi connectivity index (χ4v) is 2.70. The van der Waals surface area contributed by atoms with Crippen LogP contribution in [0.2, 0.25) is 10.0 Å². The number of para-hydroxylation sites is 2. The maximum atomic E-state index is 13.0. The molecule has 0 heterocycles. The summed E-state index contributed by atoms with van der Waals surface area (Å²) in [5.41, 5.74) is -1.37. The second kappa shape index (κ2) is 9.16. The van der Waals surface area contributed by atoms with E-state index in [1.165, 1.54) is 31.3 Å². The number of halogens is 5. The minimum absolute atomic E-state index is 0.121.